The van der Waals surface area contributed by atoms with Crippen LogP contribution < -0.4 is 4.90 Å². The maximum Gasteiger partial charge on any atom is 0.258 e. The molecule has 0 aliphatic rings. The molecule has 0 aliphatic heterocycles. The van der Waals surface area contributed by atoms with E-state index in [0.29, 0.717) is 0 Å². The summed E-state index contributed by atoms with van der Waals surface area (Å²) in [6, 6.07) is 19.3. The molecule has 0 atom stereocenters. The van der Waals surface area contributed by atoms with Gasteiger partial charge in [0, 0.05) is 17.8 Å². The Labute approximate surface area is 126 Å². The van der Waals surface area contributed by atoms with Crippen LogP contribution in [0.1, 0.15) is 16.8 Å². The van der Waals surface area contributed by atoms with Gasteiger partial charge in [0.1, 0.15) is 0 Å². The number of hydrogen-bond acceptors (Lipinski definition) is 2. The topological polar surface area (TPSA) is 23.6 Å². The van der Waals surface area contributed by atoms with Crippen molar-refractivity contribution in [3.05, 3.63) is 66.2 Å². The minimum atomic E-state index is 0.0561. The zero-order valence-corrected chi connectivity index (χ0v) is 12.7. The van der Waals surface area contributed by atoms with Crippen LogP contribution in [0, 0.1) is 0 Å². The van der Waals surface area contributed by atoms with E-state index in [0.717, 1.165) is 30.8 Å². The predicted molar refractivity (Wildman–Crippen MR) is 87.7 cm³/mol. The molecule has 1 amide bonds. The van der Waals surface area contributed by atoms with Crippen molar-refractivity contribution in [3.8, 4) is 0 Å². The zero-order valence-electron chi connectivity index (χ0n) is 12.7. The number of rotatable bonds is 6. The SMILES string of the molecule is CN(C)CCCN(C(=O)c1ccccc1)c1ccccc1. The summed E-state index contributed by atoms with van der Waals surface area (Å²) in [4.78, 5) is 16.7. The summed E-state index contributed by atoms with van der Waals surface area (Å²) in [5.41, 5.74) is 1.68. The molecule has 3 heteroatoms. The number of amides is 1. The molecule has 2 aromatic carbocycles. The summed E-state index contributed by atoms with van der Waals surface area (Å²) in [6.45, 7) is 1.68. The predicted octanol–water partition coefficient (Wildman–Crippen LogP) is 3.29. The highest BCUT2D eigenvalue weighted by Crippen LogP contribution is 2.17. The van der Waals surface area contributed by atoms with Gasteiger partial charge in [-0.2, -0.15) is 0 Å². The normalized spacial score (nSPS) is 10.6. The van der Waals surface area contributed by atoms with Crippen molar-refractivity contribution in [2.45, 2.75) is 6.42 Å². The maximum absolute atomic E-state index is 12.7. The van der Waals surface area contributed by atoms with Crippen molar-refractivity contribution in [2.24, 2.45) is 0 Å². The van der Waals surface area contributed by atoms with E-state index in [9.17, 15) is 4.79 Å². The van der Waals surface area contributed by atoms with E-state index in [4.69, 9.17) is 0 Å². The summed E-state index contributed by atoms with van der Waals surface area (Å²) in [5.74, 6) is 0.0561. The van der Waals surface area contributed by atoms with Gasteiger partial charge in [0.25, 0.3) is 5.91 Å². The summed E-state index contributed by atoms with van der Waals surface area (Å²) < 4.78 is 0. The molecule has 3 nitrogen and oxygen atoms in total. The van der Waals surface area contributed by atoms with Crippen LogP contribution in [0.4, 0.5) is 5.69 Å². The molecule has 0 unspecified atom stereocenters. The molecule has 0 heterocycles. The highest BCUT2D eigenvalue weighted by molar-refractivity contribution is 6.06. The van der Waals surface area contributed by atoms with Gasteiger partial charge in [-0.1, -0.05) is 36.4 Å². The minimum Gasteiger partial charge on any atom is -0.309 e. The Morgan fingerprint density at radius 1 is 0.857 bits per heavy atom. The molecular weight excluding hydrogens is 260 g/mol. The third kappa shape index (κ3) is 4.43. The van der Waals surface area contributed by atoms with Crippen LogP contribution in [-0.2, 0) is 0 Å². The first kappa shape index (κ1) is 15.3. The van der Waals surface area contributed by atoms with E-state index in [1.807, 2.05) is 79.7 Å². The van der Waals surface area contributed by atoms with Gasteiger partial charge >= 0.3 is 0 Å². The molecule has 0 spiro atoms. The lowest BCUT2D eigenvalue weighted by Gasteiger charge is -2.24. The first-order valence-corrected chi connectivity index (χ1v) is 7.25. The lowest BCUT2D eigenvalue weighted by molar-refractivity contribution is 0.0986. The molecule has 0 aliphatic carbocycles. The second kappa shape index (κ2) is 7.60. The van der Waals surface area contributed by atoms with Crippen molar-refractivity contribution in [3.63, 3.8) is 0 Å². The third-order valence-corrected chi connectivity index (χ3v) is 3.32. The van der Waals surface area contributed by atoms with Crippen molar-refractivity contribution < 1.29 is 4.79 Å². The number of anilines is 1. The Morgan fingerprint density at radius 2 is 1.43 bits per heavy atom. The van der Waals surface area contributed by atoms with Crippen LogP contribution in [0.5, 0.6) is 0 Å². The Balaban J connectivity index is 2.17. The summed E-state index contributed by atoms with van der Waals surface area (Å²) in [6.07, 6.45) is 0.945. The van der Waals surface area contributed by atoms with E-state index in [1.54, 1.807) is 0 Å². The number of carbonyl (C=O) groups is 1. The quantitative estimate of drug-likeness (QED) is 0.811. The van der Waals surface area contributed by atoms with Gasteiger partial charge in [-0.15, -0.1) is 0 Å². The van der Waals surface area contributed by atoms with Crippen LogP contribution in [0.2, 0.25) is 0 Å². The zero-order chi connectivity index (χ0) is 15.1. The highest BCUT2D eigenvalue weighted by atomic mass is 16.2. The molecule has 2 aromatic rings. The molecule has 110 valence electrons. The van der Waals surface area contributed by atoms with Crippen LogP contribution in [-0.4, -0.2) is 38.0 Å². The lowest BCUT2D eigenvalue weighted by Crippen LogP contribution is -2.33. The van der Waals surface area contributed by atoms with Gasteiger partial charge < -0.3 is 9.80 Å². The molecule has 0 aromatic heterocycles. The molecule has 0 N–H and O–H groups in total. The summed E-state index contributed by atoms with van der Waals surface area (Å²) in [5, 5.41) is 0. The summed E-state index contributed by atoms with van der Waals surface area (Å²) >= 11 is 0. The van der Waals surface area contributed by atoms with Crippen molar-refractivity contribution in [1.82, 2.24) is 4.90 Å². The number of carbonyl (C=O) groups excluding carboxylic acids is 1. The fraction of sp³-hybridized carbons (Fsp3) is 0.278. The smallest absolute Gasteiger partial charge is 0.258 e. The van der Waals surface area contributed by atoms with Gasteiger partial charge in [-0.25, -0.2) is 0 Å². The van der Waals surface area contributed by atoms with Gasteiger partial charge in [-0.3, -0.25) is 4.79 Å². The van der Waals surface area contributed by atoms with Gasteiger partial charge in [0.05, 0.1) is 0 Å². The largest absolute Gasteiger partial charge is 0.309 e. The second-order valence-corrected chi connectivity index (χ2v) is 5.32. The van der Waals surface area contributed by atoms with Crippen molar-refractivity contribution in [2.75, 3.05) is 32.1 Å². The van der Waals surface area contributed by atoms with Crippen LogP contribution in [0.3, 0.4) is 0 Å². The van der Waals surface area contributed by atoms with E-state index in [1.165, 1.54) is 0 Å². The molecule has 21 heavy (non-hydrogen) atoms. The Bertz CT molecular complexity index is 552. The monoisotopic (exact) mass is 282 g/mol. The van der Waals surface area contributed by atoms with Crippen molar-refractivity contribution >= 4 is 11.6 Å². The molecule has 2 rings (SSSR count). The lowest BCUT2D eigenvalue weighted by atomic mass is 10.1. The molecule has 0 saturated heterocycles. The fourth-order valence-electron chi connectivity index (χ4n) is 2.24. The fourth-order valence-corrected chi connectivity index (χ4v) is 2.24. The van der Waals surface area contributed by atoms with Crippen LogP contribution >= 0.6 is 0 Å². The molecule has 0 bridgehead atoms. The second-order valence-electron chi connectivity index (χ2n) is 5.32. The first-order chi connectivity index (χ1) is 10.2. The number of hydrogen-bond donors (Lipinski definition) is 0. The maximum atomic E-state index is 12.7. The van der Waals surface area contributed by atoms with Gasteiger partial charge in [-0.05, 0) is 51.3 Å². The summed E-state index contributed by atoms with van der Waals surface area (Å²) in [7, 11) is 4.09. The number of para-hydroxylation sites is 1. The minimum absolute atomic E-state index is 0.0561. The molecule has 0 saturated carbocycles. The average Bonchev–Trinajstić information content (AvgIpc) is 2.52. The van der Waals surface area contributed by atoms with Crippen molar-refractivity contribution in [1.29, 1.82) is 0 Å². The molecular formula is C18H22N2O. The Hall–Kier alpha value is -2.13. The Kier molecular flexibility index (Phi) is 5.52. The first-order valence-electron chi connectivity index (χ1n) is 7.25. The average molecular weight is 282 g/mol. The molecule has 0 fully saturated rings. The Morgan fingerprint density at radius 3 is 2.00 bits per heavy atom. The van der Waals surface area contributed by atoms with E-state index in [2.05, 4.69) is 4.90 Å². The van der Waals surface area contributed by atoms with E-state index >= 15 is 0 Å². The molecule has 0 radical (unpaired) electrons. The van der Waals surface area contributed by atoms with Gasteiger partial charge in [0.15, 0.2) is 0 Å². The van der Waals surface area contributed by atoms with E-state index < -0.39 is 0 Å². The van der Waals surface area contributed by atoms with Crippen LogP contribution in [0.15, 0.2) is 60.7 Å². The number of benzene rings is 2. The van der Waals surface area contributed by atoms with E-state index in [-0.39, 0.29) is 5.91 Å². The third-order valence-electron chi connectivity index (χ3n) is 3.32. The van der Waals surface area contributed by atoms with Gasteiger partial charge in [0.2, 0.25) is 0 Å². The highest BCUT2D eigenvalue weighted by Gasteiger charge is 2.16. The number of nitrogens with zero attached hydrogens (tertiary/aromatic N) is 2. The standard InChI is InChI=1S/C18H22N2O/c1-19(2)14-9-15-20(17-12-7-4-8-13-17)18(21)16-10-5-3-6-11-16/h3-8,10-13H,9,14-15H2,1-2H3. The van der Waals surface area contributed by atoms with Crippen LogP contribution in [0.25, 0.3) is 0 Å².